The summed E-state index contributed by atoms with van der Waals surface area (Å²) in [6.07, 6.45) is 2.97. The molecule has 376 valence electrons. The van der Waals surface area contributed by atoms with Crippen molar-refractivity contribution in [1.82, 2.24) is 52.8 Å². The number of unbranched alkanes of at least 4 members (excludes halogenated alkanes) is 2. The zero-order chi connectivity index (χ0) is 50.4. The summed E-state index contributed by atoms with van der Waals surface area (Å²) >= 11 is 0. The molecule has 12 N–H and O–H groups in total. The van der Waals surface area contributed by atoms with E-state index in [4.69, 9.17) is 5.73 Å². The molecule has 24 heteroatoms. The van der Waals surface area contributed by atoms with Crippen molar-refractivity contribution in [2.24, 2.45) is 17.6 Å². The first-order chi connectivity index (χ1) is 31.5. The second-order valence-corrected chi connectivity index (χ2v) is 17.8. The van der Waals surface area contributed by atoms with Crippen LogP contribution in [0.3, 0.4) is 0 Å². The lowest BCUT2D eigenvalue weighted by atomic mass is 10.0. The van der Waals surface area contributed by atoms with E-state index in [2.05, 4.69) is 47.9 Å². The maximum absolute atomic E-state index is 13.4. The Bertz CT molecular complexity index is 1810. The number of primary amides is 1. The van der Waals surface area contributed by atoms with Gasteiger partial charge in [-0.3, -0.25) is 58.1 Å². The van der Waals surface area contributed by atoms with Gasteiger partial charge >= 0.3 is 5.97 Å². The molecule has 2 aliphatic rings. The molecule has 0 radical (unpaired) electrons. The quantitative estimate of drug-likeness (QED) is 0.0328. The van der Waals surface area contributed by atoms with Crippen LogP contribution in [0, 0.1) is 11.8 Å². The maximum Gasteiger partial charge on any atom is 0.326 e. The number of carboxylic acid groups (broad SMARTS) is 1. The van der Waals surface area contributed by atoms with Crippen LogP contribution in [0.1, 0.15) is 112 Å². The van der Waals surface area contributed by atoms with Gasteiger partial charge in [0.25, 0.3) is 0 Å². The van der Waals surface area contributed by atoms with E-state index in [9.17, 15) is 62.6 Å². The number of nitrogens with one attached hydrogen (secondary N) is 9. The third kappa shape index (κ3) is 20.9. The fourth-order valence-corrected chi connectivity index (χ4v) is 7.36. The Morgan fingerprint density at radius 2 is 1.27 bits per heavy atom. The Balaban J connectivity index is 1.98. The number of Topliss-reactive ketones (excluding diaryl/α,β-unsaturated/α-hetero) is 1. The molecule has 0 saturated carbocycles. The molecular weight excluding hydrogens is 879 g/mol. The average molecular weight is 950 g/mol. The van der Waals surface area contributed by atoms with Crippen LogP contribution in [0.25, 0.3) is 0 Å². The Morgan fingerprint density at radius 1 is 0.687 bits per heavy atom. The van der Waals surface area contributed by atoms with Gasteiger partial charge in [-0.1, -0.05) is 53.9 Å². The minimum Gasteiger partial charge on any atom is -0.480 e. The van der Waals surface area contributed by atoms with Crippen LogP contribution in [-0.2, 0) is 57.5 Å². The first-order valence-electron chi connectivity index (χ1n) is 22.9. The zero-order valence-corrected chi connectivity index (χ0v) is 39.4. The largest absolute Gasteiger partial charge is 0.480 e. The molecule has 67 heavy (non-hydrogen) atoms. The highest BCUT2D eigenvalue weighted by Gasteiger charge is 2.36. The number of carboxylic acids is 1. The molecule has 7 atom stereocenters. The van der Waals surface area contributed by atoms with Gasteiger partial charge in [-0.15, -0.1) is 0 Å². The number of ketones is 1. The van der Waals surface area contributed by atoms with Gasteiger partial charge < -0.3 is 58.3 Å². The summed E-state index contributed by atoms with van der Waals surface area (Å²) < 4.78 is 0. The maximum atomic E-state index is 13.4. The molecule has 0 aromatic rings. The predicted octanol–water partition coefficient (Wildman–Crippen LogP) is -3.28. The predicted molar refractivity (Wildman–Crippen MR) is 240 cm³/mol. The normalized spacial score (nSPS) is 17.9. The monoisotopic (exact) mass is 950 g/mol. The fraction of sp³-hybridized carbons (Fsp3) is 0.721. The molecular formula is C43H71N11O13. The molecule has 2 aliphatic heterocycles. The van der Waals surface area contributed by atoms with E-state index in [0.717, 1.165) is 12.8 Å². The molecule has 0 unspecified atom stereocenters. The van der Waals surface area contributed by atoms with Crippen LogP contribution >= 0.6 is 0 Å². The van der Waals surface area contributed by atoms with E-state index < -0.39 is 127 Å². The SMILES string of the molecule is CCCCC[C@H](NC(=O)[C@@H]1CCCN1C(=O)CNC(=O)[C@H](C)NC(=O)[C@H](CC(C)C)NC(=O)CNC(=O)[C@H](CC(C)C)NC(=O)[C@H](CCC(N)=O)NC(=O)CNC(=O)[C@@H]1CC(=O)CN1)C(=O)O. The van der Waals surface area contributed by atoms with Gasteiger partial charge in [0.05, 0.1) is 32.2 Å². The Labute approximate surface area is 390 Å². The average Bonchev–Trinajstić information content (AvgIpc) is 3.93. The minimum atomic E-state index is -1.36. The molecule has 0 bridgehead atoms. The molecule has 10 amide bonds. The fourth-order valence-electron chi connectivity index (χ4n) is 7.36. The lowest BCUT2D eigenvalue weighted by Gasteiger charge is -2.26. The van der Waals surface area contributed by atoms with Gasteiger partial charge in [-0.25, -0.2) is 4.79 Å². The van der Waals surface area contributed by atoms with Crippen molar-refractivity contribution in [1.29, 1.82) is 0 Å². The van der Waals surface area contributed by atoms with Crippen LogP contribution in [0.2, 0.25) is 0 Å². The van der Waals surface area contributed by atoms with E-state index in [1.165, 1.54) is 11.8 Å². The molecule has 2 saturated heterocycles. The molecule has 2 fully saturated rings. The van der Waals surface area contributed by atoms with Gasteiger partial charge in [-0.2, -0.15) is 0 Å². The highest BCUT2D eigenvalue weighted by Crippen LogP contribution is 2.18. The lowest BCUT2D eigenvalue weighted by Crippen LogP contribution is -2.57. The molecule has 2 rings (SSSR count). The van der Waals surface area contributed by atoms with Gasteiger partial charge in [0, 0.05) is 19.4 Å². The molecule has 0 aromatic heterocycles. The second-order valence-electron chi connectivity index (χ2n) is 17.8. The Morgan fingerprint density at radius 3 is 1.84 bits per heavy atom. The van der Waals surface area contributed by atoms with E-state index in [1.54, 1.807) is 27.7 Å². The summed E-state index contributed by atoms with van der Waals surface area (Å²) in [6, 6.07) is -7.73. The van der Waals surface area contributed by atoms with Crippen molar-refractivity contribution in [2.45, 2.75) is 154 Å². The zero-order valence-electron chi connectivity index (χ0n) is 39.4. The van der Waals surface area contributed by atoms with E-state index in [-0.39, 0.29) is 69.2 Å². The molecule has 24 nitrogen and oxygen atoms in total. The number of carbonyl (C=O) groups excluding carboxylic acids is 11. The third-order valence-corrected chi connectivity index (χ3v) is 10.9. The van der Waals surface area contributed by atoms with E-state index in [1.807, 2.05) is 6.92 Å². The first kappa shape index (κ1) is 56.9. The van der Waals surface area contributed by atoms with E-state index in [0.29, 0.717) is 19.3 Å². The highest BCUT2D eigenvalue weighted by molar-refractivity contribution is 5.98. The summed E-state index contributed by atoms with van der Waals surface area (Å²) in [5.74, 6) is -8.82. The minimum absolute atomic E-state index is 0.0205. The van der Waals surface area contributed by atoms with Crippen LogP contribution < -0.4 is 53.6 Å². The second kappa shape index (κ2) is 28.8. The van der Waals surface area contributed by atoms with Gasteiger partial charge in [0.2, 0.25) is 59.1 Å². The number of amides is 10. The number of rotatable bonds is 29. The van der Waals surface area contributed by atoms with Crippen LogP contribution in [0.15, 0.2) is 0 Å². The van der Waals surface area contributed by atoms with Crippen LogP contribution in [-0.4, -0.2) is 156 Å². The lowest BCUT2D eigenvalue weighted by molar-refractivity contribution is -0.144. The number of hydrogen-bond acceptors (Lipinski definition) is 13. The molecule has 0 aromatic carbocycles. The first-order valence-corrected chi connectivity index (χ1v) is 22.9. The van der Waals surface area contributed by atoms with Crippen LogP contribution in [0.4, 0.5) is 0 Å². The molecule has 2 heterocycles. The Kier molecular flexibility index (Phi) is 24.4. The number of hydrogen-bond donors (Lipinski definition) is 11. The number of likely N-dealkylation sites (tertiary alicyclic amines) is 1. The van der Waals surface area contributed by atoms with Crippen molar-refractivity contribution in [3.8, 4) is 0 Å². The standard InChI is InChI=1S/C43H71N11O13/c1-7-8-9-11-28(43(66)67)52-42(65)32-12-10-15-54(32)36(59)22-48-37(60)25(6)49-41(64)31(17-24(4)5)51-35(58)21-47-39(62)30(16-23(2)3)53-40(63)27(13-14-33(44)56)50-34(57)20-46-38(61)29-18-26(55)19-45-29/h23-25,27-32,45H,7-22H2,1-6H3,(H2,44,56)(H,46,61)(H,47,62)(H,48,60)(H,49,64)(H,50,57)(H,51,58)(H,52,65)(H,53,63)(H,66,67)/t25-,27-,28-,29-,30-,31-,32-/m0/s1. The van der Waals surface area contributed by atoms with Crippen molar-refractivity contribution in [3.05, 3.63) is 0 Å². The molecule has 0 spiro atoms. The number of carbonyl (C=O) groups is 12. The van der Waals surface area contributed by atoms with Crippen molar-refractivity contribution < 1.29 is 62.6 Å². The summed E-state index contributed by atoms with van der Waals surface area (Å²) in [6.45, 7) is 9.03. The van der Waals surface area contributed by atoms with Gasteiger partial charge in [0.1, 0.15) is 42.0 Å². The number of aliphatic carboxylic acids is 1. The summed E-state index contributed by atoms with van der Waals surface area (Å²) in [5.41, 5.74) is 5.28. The highest BCUT2D eigenvalue weighted by atomic mass is 16.4. The number of nitrogens with zero attached hydrogens (tertiary/aromatic N) is 1. The smallest absolute Gasteiger partial charge is 0.326 e. The van der Waals surface area contributed by atoms with Crippen LogP contribution in [0.5, 0.6) is 0 Å². The summed E-state index contributed by atoms with van der Waals surface area (Å²) in [7, 11) is 0. The van der Waals surface area contributed by atoms with Gasteiger partial charge in [-0.05, 0) is 57.3 Å². The third-order valence-electron chi connectivity index (χ3n) is 10.9. The van der Waals surface area contributed by atoms with Crippen molar-refractivity contribution in [3.63, 3.8) is 0 Å². The topological polar surface area (TPSA) is 363 Å². The van der Waals surface area contributed by atoms with E-state index >= 15 is 0 Å². The van der Waals surface area contributed by atoms with Gasteiger partial charge in [0.15, 0.2) is 0 Å². The van der Waals surface area contributed by atoms with Crippen molar-refractivity contribution >= 4 is 70.8 Å². The number of nitrogens with two attached hydrogens (primary N) is 1. The summed E-state index contributed by atoms with van der Waals surface area (Å²) in [4.78, 5) is 154. The molecule has 0 aliphatic carbocycles. The van der Waals surface area contributed by atoms with Crippen molar-refractivity contribution in [2.75, 3.05) is 32.7 Å². The Hall–Kier alpha value is -6.20. The summed E-state index contributed by atoms with van der Waals surface area (Å²) in [5, 5.41) is 32.1.